The molecular formula is C14H16N2. The highest BCUT2D eigenvalue weighted by Gasteiger charge is 2.59. The van der Waals surface area contributed by atoms with E-state index >= 15 is 0 Å². The molecule has 0 aromatic heterocycles. The van der Waals surface area contributed by atoms with Gasteiger partial charge in [0, 0.05) is 6.54 Å². The lowest BCUT2D eigenvalue weighted by Crippen LogP contribution is -2.21. The molecule has 0 radical (unpaired) electrons. The van der Waals surface area contributed by atoms with Gasteiger partial charge >= 0.3 is 0 Å². The molecule has 1 heterocycles. The van der Waals surface area contributed by atoms with Gasteiger partial charge in [0.2, 0.25) is 0 Å². The molecule has 1 saturated carbocycles. The summed E-state index contributed by atoms with van der Waals surface area (Å²) in [5.41, 5.74) is 3.75. The lowest BCUT2D eigenvalue weighted by Gasteiger charge is -2.11. The first-order valence-corrected chi connectivity index (χ1v) is 6.19. The second-order valence-electron chi connectivity index (χ2n) is 5.55. The van der Waals surface area contributed by atoms with E-state index in [1.807, 2.05) is 6.34 Å². The fourth-order valence-corrected chi connectivity index (χ4v) is 3.67. The summed E-state index contributed by atoms with van der Waals surface area (Å²) < 4.78 is 0. The van der Waals surface area contributed by atoms with E-state index in [-0.39, 0.29) is 0 Å². The fraction of sp³-hybridized carbons (Fsp3) is 0.500. The molecule has 1 fully saturated rings. The van der Waals surface area contributed by atoms with Crippen molar-refractivity contribution in [1.29, 1.82) is 0 Å². The van der Waals surface area contributed by atoms with Crippen molar-refractivity contribution in [3.8, 4) is 0 Å². The van der Waals surface area contributed by atoms with Gasteiger partial charge in [-0.2, -0.15) is 0 Å². The van der Waals surface area contributed by atoms with E-state index in [9.17, 15) is 0 Å². The monoisotopic (exact) mass is 212 g/mol. The lowest BCUT2D eigenvalue weighted by atomic mass is 9.96. The Kier molecular flexibility index (Phi) is 1.58. The average molecular weight is 212 g/mol. The first-order chi connectivity index (χ1) is 7.87. The van der Waals surface area contributed by atoms with E-state index in [0.717, 1.165) is 12.5 Å². The molecule has 3 aliphatic rings. The quantitative estimate of drug-likeness (QED) is 0.754. The maximum Gasteiger partial charge on any atom is 0.0828 e. The number of benzene rings is 1. The van der Waals surface area contributed by atoms with Gasteiger partial charge in [0.15, 0.2) is 0 Å². The normalized spacial score (nSPS) is 32.8. The summed E-state index contributed by atoms with van der Waals surface area (Å²) in [6.07, 6.45) is 5.85. The van der Waals surface area contributed by atoms with Crippen molar-refractivity contribution in [3.63, 3.8) is 0 Å². The Balaban J connectivity index is 1.59. The van der Waals surface area contributed by atoms with E-state index in [2.05, 4.69) is 34.6 Å². The van der Waals surface area contributed by atoms with Gasteiger partial charge in [0.25, 0.3) is 0 Å². The second-order valence-corrected chi connectivity index (χ2v) is 5.55. The van der Waals surface area contributed by atoms with E-state index < -0.39 is 0 Å². The number of rotatable bonds is 1. The molecule has 2 nitrogen and oxygen atoms in total. The van der Waals surface area contributed by atoms with Crippen LogP contribution in [-0.2, 0) is 12.8 Å². The first-order valence-electron chi connectivity index (χ1n) is 6.19. The predicted octanol–water partition coefficient (Wildman–Crippen LogP) is 1.79. The molecule has 16 heavy (non-hydrogen) atoms. The van der Waals surface area contributed by atoms with Crippen LogP contribution in [0.25, 0.3) is 0 Å². The van der Waals surface area contributed by atoms with Crippen LogP contribution in [0.4, 0.5) is 0 Å². The fourth-order valence-electron chi connectivity index (χ4n) is 3.67. The lowest BCUT2D eigenvalue weighted by molar-refractivity contribution is 0.438. The molecule has 1 N–H and O–H groups in total. The van der Waals surface area contributed by atoms with Crippen molar-refractivity contribution in [2.24, 2.45) is 16.3 Å². The number of nitrogens with zero attached hydrogens (tertiary/aromatic N) is 1. The number of nitrogens with one attached hydrogen (secondary N) is 1. The van der Waals surface area contributed by atoms with Gasteiger partial charge in [0.1, 0.15) is 0 Å². The minimum Gasteiger partial charge on any atom is -0.374 e. The van der Waals surface area contributed by atoms with Gasteiger partial charge in [0.05, 0.1) is 12.4 Å². The van der Waals surface area contributed by atoms with E-state index in [4.69, 9.17) is 0 Å². The van der Waals surface area contributed by atoms with Crippen LogP contribution in [0, 0.1) is 11.3 Å². The molecule has 0 bridgehead atoms. The maximum atomic E-state index is 4.54. The van der Waals surface area contributed by atoms with Crippen LogP contribution in [0.5, 0.6) is 0 Å². The van der Waals surface area contributed by atoms with Crippen molar-refractivity contribution in [3.05, 3.63) is 35.4 Å². The molecular weight excluding hydrogens is 196 g/mol. The average Bonchev–Trinajstić information content (AvgIpc) is 2.73. The summed E-state index contributed by atoms with van der Waals surface area (Å²) in [5.74, 6) is 0.825. The molecule has 82 valence electrons. The molecule has 2 heteroatoms. The zero-order valence-corrected chi connectivity index (χ0v) is 9.32. The summed E-state index contributed by atoms with van der Waals surface area (Å²) in [7, 11) is 0. The topological polar surface area (TPSA) is 24.4 Å². The van der Waals surface area contributed by atoms with Gasteiger partial charge in [-0.05, 0) is 41.7 Å². The Bertz CT molecular complexity index is 439. The smallest absolute Gasteiger partial charge is 0.0828 e. The number of hydrogen-bond acceptors (Lipinski definition) is 2. The Morgan fingerprint density at radius 2 is 1.94 bits per heavy atom. The zero-order valence-electron chi connectivity index (χ0n) is 9.32. The molecule has 1 spiro atoms. The maximum absolute atomic E-state index is 4.54. The van der Waals surface area contributed by atoms with Gasteiger partial charge in [-0.25, -0.2) is 0 Å². The standard InChI is InChI=1S/C14H16N2/c1-2-4-11-6-14(5-10(11)3-1)7-12(14)13-8-15-9-16-13/h1-4,9,12-13H,5-8H2,(H,15,16)/t12?,13-/m0/s1. The second kappa shape index (κ2) is 2.88. The highest BCUT2D eigenvalue weighted by atomic mass is 15.1. The van der Waals surface area contributed by atoms with Crippen molar-refractivity contribution in [2.75, 3.05) is 6.54 Å². The van der Waals surface area contributed by atoms with Crippen LogP contribution in [0.15, 0.2) is 29.3 Å². The molecule has 0 saturated heterocycles. The first kappa shape index (κ1) is 8.80. The third kappa shape index (κ3) is 1.10. The van der Waals surface area contributed by atoms with Crippen LogP contribution in [0.3, 0.4) is 0 Å². The summed E-state index contributed by atoms with van der Waals surface area (Å²) in [5, 5.41) is 3.23. The Morgan fingerprint density at radius 1 is 1.19 bits per heavy atom. The van der Waals surface area contributed by atoms with E-state index in [1.165, 1.54) is 19.3 Å². The molecule has 1 aliphatic heterocycles. The molecule has 1 aromatic carbocycles. The van der Waals surface area contributed by atoms with Crippen molar-refractivity contribution in [2.45, 2.75) is 25.3 Å². The summed E-state index contributed by atoms with van der Waals surface area (Å²) in [6, 6.07) is 9.50. The number of fused-ring (bicyclic) bond motifs is 1. The van der Waals surface area contributed by atoms with Gasteiger partial charge in [-0.1, -0.05) is 24.3 Å². The van der Waals surface area contributed by atoms with Crippen molar-refractivity contribution >= 4 is 6.34 Å². The molecule has 1 aromatic rings. The molecule has 1 unspecified atom stereocenters. The molecule has 4 rings (SSSR count). The number of aliphatic imine (C=N–C) groups is 1. The van der Waals surface area contributed by atoms with Crippen molar-refractivity contribution < 1.29 is 0 Å². The van der Waals surface area contributed by atoms with Gasteiger partial charge < -0.3 is 5.32 Å². The van der Waals surface area contributed by atoms with Gasteiger partial charge in [-0.3, -0.25) is 4.99 Å². The Morgan fingerprint density at radius 3 is 2.56 bits per heavy atom. The summed E-state index contributed by atoms with van der Waals surface area (Å²) in [4.78, 5) is 4.54. The minimum absolute atomic E-state index is 0.550. The van der Waals surface area contributed by atoms with Crippen LogP contribution >= 0.6 is 0 Å². The van der Waals surface area contributed by atoms with Crippen LogP contribution in [-0.4, -0.2) is 18.9 Å². The van der Waals surface area contributed by atoms with Crippen molar-refractivity contribution in [1.82, 2.24) is 5.32 Å². The molecule has 0 amide bonds. The van der Waals surface area contributed by atoms with Gasteiger partial charge in [-0.15, -0.1) is 0 Å². The minimum atomic E-state index is 0.550. The highest BCUT2D eigenvalue weighted by molar-refractivity contribution is 5.57. The van der Waals surface area contributed by atoms with E-state index in [0.29, 0.717) is 11.5 Å². The summed E-state index contributed by atoms with van der Waals surface area (Å²) in [6.45, 7) is 1.06. The third-order valence-corrected chi connectivity index (χ3v) is 4.61. The number of hydrogen-bond donors (Lipinski definition) is 1. The van der Waals surface area contributed by atoms with Crippen LogP contribution < -0.4 is 5.32 Å². The molecule has 2 atom stereocenters. The zero-order chi connectivity index (χ0) is 10.6. The molecule has 2 aliphatic carbocycles. The summed E-state index contributed by atoms with van der Waals surface area (Å²) >= 11 is 0. The van der Waals surface area contributed by atoms with Crippen LogP contribution in [0.1, 0.15) is 17.5 Å². The predicted molar refractivity (Wildman–Crippen MR) is 64.7 cm³/mol. The Hall–Kier alpha value is -1.31. The highest BCUT2D eigenvalue weighted by Crippen LogP contribution is 2.62. The third-order valence-electron chi connectivity index (χ3n) is 4.61. The van der Waals surface area contributed by atoms with E-state index in [1.54, 1.807) is 11.1 Å². The Labute approximate surface area is 95.8 Å². The van der Waals surface area contributed by atoms with Crippen LogP contribution in [0.2, 0.25) is 0 Å². The SMILES string of the molecule is C1=N[C@H](C2CC23Cc2ccccc2C3)CN1. The largest absolute Gasteiger partial charge is 0.374 e.